The number of aryl methyl sites for hydroxylation is 1. The van der Waals surface area contributed by atoms with Gasteiger partial charge in [-0.1, -0.05) is 24.5 Å². The minimum atomic E-state index is -2.95. The van der Waals surface area contributed by atoms with Crippen molar-refractivity contribution >= 4 is 27.2 Å². The van der Waals surface area contributed by atoms with E-state index in [0.29, 0.717) is 36.4 Å². The molecule has 0 spiro atoms. The summed E-state index contributed by atoms with van der Waals surface area (Å²) in [6, 6.07) is 10.3. The Morgan fingerprint density at radius 2 is 1.87 bits per heavy atom. The van der Waals surface area contributed by atoms with Gasteiger partial charge < -0.3 is 24.5 Å². The van der Waals surface area contributed by atoms with Crippen molar-refractivity contribution in [3.05, 3.63) is 95.1 Å². The molecule has 2 aromatic heterocycles. The molecule has 3 heterocycles. The average molecular weight is 634 g/mol. The van der Waals surface area contributed by atoms with Gasteiger partial charge in [0.25, 0.3) is 11.8 Å². The van der Waals surface area contributed by atoms with Crippen LogP contribution in [0.15, 0.2) is 75.8 Å². The van der Waals surface area contributed by atoms with Crippen LogP contribution in [-0.4, -0.2) is 101 Å². The van der Waals surface area contributed by atoms with Crippen LogP contribution in [0.25, 0.3) is 0 Å². The van der Waals surface area contributed by atoms with Crippen LogP contribution in [-0.2, 0) is 14.5 Å². The number of nitrogens with zero attached hydrogens (tertiary/aromatic N) is 4. The number of piperazine rings is 1. The number of furan rings is 1. The van der Waals surface area contributed by atoms with Gasteiger partial charge in [-0.3, -0.25) is 19.5 Å². The Morgan fingerprint density at radius 1 is 1.11 bits per heavy atom. The van der Waals surface area contributed by atoms with Gasteiger partial charge in [-0.05, 0) is 50.2 Å². The van der Waals surface area contributed by atoms with E-state index >= 15 is 0 Å². The van der Waals surface area contributed by atoms with Crippen LogP contribution >= 0.6 is 0 Å². The number of carbonyl (C=O) groups excluding carboxylic acids is 2. The lowest BCUT2D eigenvalue weighted by Gasteiger charge is -2.34. The molecule has 0 aliphatic carbocycles. The molecule has 1 atom stereocenters. The summed E-state index contributed by atoms with van der Waals surface area (Å²) in [4.78, 5) is 34.2. The number of aromatic nitrogens is 1. The van der Waals surface area contributed by atoms with Crippen molar-refractivity contribution in [3.63, 3.8) is 0 Å². The van der Waals surface area contributed by atoms with Crippen molar-refractivity contribution in [2.24, 2.45) is 4.36 Å². The quantitative estimate of drug-likeness (QED) is 0.214. The molecule has 45 heavy (non-hydrogen) atoms. The van der Waals surface area contributed by atoms with Gasteiger partial charge in [-0.25, -0.2) is 4.21 Å². The van der Waals surface area contributed by atoms with E-state index in [0.717, 1.165) is 44.8 Å². The number of rotatable bonds is 13. The maximum Gasteiger partial charge on any atom is 0.291 e. The Kier molecular flexibility index (Phi) is 12.6. The van der Waals surface area contributed by atoms with E-state index in [-0.39, 0.29) is 29.6 Å². The second-order valence-corrected chi connectivity index (χ2v) is 12.8. The maximum absolute atomic E-state index is 13.4. The number of hydrogen-bond donors (Lipinski definition) is 2. The molecule has 11 nitrogen and oxygen atoms in total. The summed E-state index contributed by atoms with van der Waals surface area (Å²) in [7, 11) is -2.95. The van der Waals surface area contributed by atoms with Gasteiger partial charge in [0.2, 0.25) is 0 Å². The SMILES string of the molecule is C=C[S@@](=O)(CCCN1CCN(CCOCCO)CC1)=NC(=O)c1cncc(C#Cc2cccc(NC(=O)c3occc3C)c2)c1. The normalized spacial score (nSPS) is 15.0. The van der Waals surface area contributed by atoms with E-state index in [1.54, 1.807) is 43.3 Å². The summed E-state index contributed by atoms with van der Waals surface area (Å²) >= 11 is 0. The number of benzene rings is 1. The zero-order chi connectivity index (χ0) is 32.1. The Balaban J connectivity index is 1.31. The van der Waals surface area contributed by atoms with E-state index < -0.39 is 15.6 Å². The van der Waals surface area contributed by atoms with Crippen molar-refractivity contribution in [2.45, 2.75) is 13.3 Å². The van der Waals surface area contributed by atoms with Crippen molar-refractivity contribution in [1.82, 2.24) is 14.8 Å². The molecule has 3 aromatic rings. The number of aliphatic hydroxyl groups is 1. The Morgan fingerprint density at radius 3 is 2.58 bits per heavy atom. The number of aliphatic hydroxyl groups excluding tert-OH is 1. The van der Waals surface area contributed by atoms with E-state index in [2.05, 4.69) is 42.9 Å². The van der Waals surface area contributed by atoms with Crippen molar-refractivity contribution < 1.29 is 28.1 Å². The lowest BCUT2D eigenvalue weighted by molar-refractivity contribution is 0.0577. The van der Waals surface area contributed by atoms with Crippen LogP contribution in [0.2, 0.25) is 0 Å². The van der Waals surface area contributed by atoms with Crippen molar-refractivity contribution in [2.75, 3.05) is 70.2 Å². The van der Waals surface area contributed by atoms with E-state index in [4.69, 9.17) is 14.3 Å². The second-order valence-electron chi connectivity index (χ2n) is 10.5. The van der Waals surface area contributed by atoms with Gasteiger partial charge in [0, 0.05) is 78.7 Å². The van der Waals surface area contributed by atoms with Crippen LogP contribution in [0.4, 0.5) is 5.69 Å². The molecule has 238 valence electrons. The number of nitrogens with one attached hydrogen (secondary N) is 1. The van der Waals surface area contributed by atoms with Crippen LogP contribution in [0, 0.1) is 18.8 Å². The zero-order valence-corrected chi connectivity index (χ0v) is 26.3. The highest BCUT2D eigenvalue weighted by molar-refractivity contribution is 7.96. The fourth-order valence-corrected chi connectivity index (χ4v) is 5.95. The highest BCUT2D eigenvalue weighted by Gasteiger charge is 2.18. The summed E-state index contributed by atoms with van der Waals surface area (Å²) in [5, 5.41) is 12.9. The Hall–Kier alpha value is -4.12. The summed E-state index contributed by atoms with van der Waals surface area (Å²) in [5.74, 6) is 5.50. The molecule has 0 unspecified atom stereocenters. The van der Waals surface area contributed by atoms with Gasteiger partial charge in [0.15, 0.2) is 5.76 Å². The highest BCUT2D eigenvalue weighted by atomic mass is 32.2. The molecule has 12 heteroatoms. The first-order chi connectivity index (χ1) is 21.8. The molecule has 4 rings (SSSR count). The van der Waals surface area contributed by atoms with Gasteiger partial charge >= 0.3 is 0 Å². The molecule has 0 bridgehead atoms. The molecule has 1 fully saturated rings. The first kappa shape index (κ1) is 33.8. The number of anilines is 1. The summed E-state index contributed by atoms with van der Waals surface area (Å²) in [5.41, 5.74) is 2.62. The number of ether oxygens (including phenoxy) is 1. The lowest BCUT2D eigenvalue weighted by atomic mass is 10.1. The molecular weight excluding hydrogens is 594 g/mol. The third-order valence-corrected chi connectivity index (χ3v) is 9.06. The smallest absolute Gasteiger partial charge is 0.291 e. The number of carbonyl (C=O) groups is 2. The summed E-state index contributed by atoms with van der Waals surface area (Å²) in [6.07, 6.45) is 4.99. The molecule has 0 radical (unpaired) electrons. The molecule has 1 saturated heterocycles. The second kappa shape index (κ2) is 16.8. The monoisotopic (exact) mass is 633 g/mol. The highest BCUT2D eigenvalue weighted by Crippen LogP contribution is 2.15. The van der Waals surface area contributed by atoms with Gasteiger partial charge in [-0.2, -0.15) is 4.36 Å². The topological polar surface area (TPSA) is 138 Å². The molecule has 2 N–H and O–H groups in total. The minimum absolute atomic E-state index is 0.0333. The largest absolute Gasteiger partial charge is 0.459 e. The molecular formula is C33H39N5O6S. The summed E-state index contributed by atoms with van der Waals surface area (Å²) in [6.45, 7) is 11.7. The number of amides is 2. The average Bonchev–Trinajstić information content (AvgIpc) is 3.49. The predicted octanol–water partition coefficient (Wildman–Crippen LogP) is 3.40. The zero-order valence-electron chi connectivity index (χ0n) is 25.4. The van der Waals surface area contributed by atoms with Crippen LogP contribution in [0.5, 0.6) is 0 Å². The van der Waals surface area contributed by atoms with Crippen LogP contribution in [0.3, 0.4) is 0 Å². The summed E-state index contributed by atoms with van der Waals surface area (Å²) < 4.78 is 28.0. The molecule has 1 aliphatic heterocycles. The number of pyridine rings is 1. The fourth-order valence-electron chi connectivity index (χ4n) is 4.69. The number of hydrogen-bond acceptors (Lipinski definition) is 9. The van der Waals surface area contributed by atoms with Crippen LogP contribution in [0.1, 0.15) is 44.0 Å². The first-order valence-electron chi connectivity index (χ1n) is 14.8. The third kappa shape index (κ3) is 10.5. The predicted molar refractivity (Wildman–Crippen MR) is 173 cm³/mol. The fraction of sp³-hybridized carbons (Fsp3) is 0.364. The molecule has 0 saturated carbocycles. The van der Waals surface area contributed by atoms with Crippen LogP contribution < -0.4 is 5.32 Å². The van der Waals surface area contributed by atoms with E-state index in [1.807, 2.05) is 0 Å². The maximum atomic E-state index is 13.4. The first-order valence-corrected chi connectivity index (χ1v) is 16.5. The van der Waals surface area contributed by atoms with Crippen molar-refractivity contribution in [3.8, 4) is 11.8 Å². The third-order valence-electron chi connectivity index (χ3n) is 7.19. The van der Waals surface area contributed by atoms with E-state index in [1.165, 1.54) is 24.1 Å². The van der Waals surface area contributed by atoms with Crippen molar-refractivity contribution in [1.29, 1.82) is 0 Å². The Labute approximate surface area is 264 Å². The minimum Gasteiger partial charge on any atom is -0.459 e. The molecule has 1 aliphatic rings. The van der Waals surface area contributed by atoms with Gasteiger partial charge in [0.05, 0.1) is 41.4 Å². The standard InChI is InChI=1S/C33H39N5O6S/c1-3-45(42,21-5-11-37-12-14-38(15-13-37)16-19-43-20-17-39)36-32(40)29-22-28(24-34-25-29)9-8-27-6-4-7-30(23-27)35-33(41)31-26(2)10-18-44-31/h3-4,6-7,10,18,22-25,39H,1,5,11-17,19-21H2,2H3,(H,35,41)/t45-/m1/s1. The molecule has 1 aromatic carbocycles. The lowest BCUT2D eigenvalue weighted by Crippen LogP contribution is -2.47. The van der Waals surface area contributed by atoms with Gasteiger partial charge in [-0.15, -0.1) is 0 Å². The van der Waals surface area contributed by atoms with Gasteiger partial charge in [0.1, 0.15) is 0 Å². The Bertz CT molecular complexity index is 1660. The molecule has 2 amide bonds. The van der Waals surface area contributed by atoms with E-state index in [9.17, 15) is 13.8 Å².